The Balaban J connectivity index is 2.90. The SMILES string of the molecule is CCNc1nc(NCC)[nH]c(=O)n1. The zero-order valence-electron chi connectivity index (χ0n) is 7.72. The Labute approximate surface area is 75.8 Å². The van der Waals surface area contributed by atoms with Gasteiger partial charge in [0.2, 0.25) is 11.9 Å². The molecule has 0 aromatic carbocycles. The van der Waals surface area contributed by atoms with Gasteiger partial charge in [-0.2, -0.15) is 9.97 Å². The van der Waals surface area contributed by atoms with E-state index in [0.29, 0.717) is 25.0 Å². The molecule has 0 bridgehead atoms. The van der Waals surface area contributed by atoms with Crippen LogP contribution in [0.25, 0.3) is 0 Å². The highest BCUT2D eigenvalue weighted by Crippen LogP contribution is 1.97. The summed E-state index contributed by atoms with van der Waals surface area (Å²) in [6.07, 6.45) is 0. The maximum Gasteiger partial charge on any atom is 0.350 e. The molecule has 1 heterocycles. The van der Waals surface area contributed by atoms with Gasteiger partial charge in [-0.05, 0) is 13.8 Å². The molecule has 6 heteroatoms. The van der Waals surface area contributed by atoms with E-state index in [-0.39, 0.29) is 0 Å². The third kappa shape index (κ3) is 2.73. The number of H-pyrrole nitrogens is 1. The first-order valence-electron chi connectivity index (χ1n) is 4.22. The number of hydrogen-bond donors (Lipinski definition) is 3. The van der Waals surface area contributed by atoms with Crippen LogP contribution >= 0.6 is 0 Å². The van der Waals surface area contributed by atoms with Gasteiger partial charge in [-0.3, -0.25) is 4.98 Å². The number of rotatable bonds is 4. The van der Waals surface area contributed by atoms with Gasteiger partial charge in [0.05, 0.1) is 0 Å². The van der Waals surface area contributed by atoms with Crippen molar-refractivity contribution in [3.05, 3.63) is 10.5 Å². The second-order valence-electron chi connectivity index (χ2n) is 2.39. The van der Waals surface area contributed by atoms with Crippen molar-refractivity contribution in [1.29, 1.82) is 0 Å². The average Bonchev–Trinajstić information content (AvgIpc) is 2.04. The van der Waals surface area contributed by atoms with Crippen molar-refractivity contribution in [3.8, 4) is 0 Å². The maximum atomic E-state index is 11.0. The molecular weight excluding hydrogens is 170 g/mol. The molecule has 72 valence electrons. The van der Waals surface area contributed by atoms with Crippen LogP contribution in [0.1, 0.15) is 13.8 Å². The van der Waals surface area contributed by atoms with Gasteiger partial charge in [-0.1, -0.05) is 0 Å². The standard InChI is InChI=1S/C7H13N5O/c1-3-8-5-10-6(9-4-2)12-7(13)11-5/h3-4H2,1-2H3,(H3,8,9,10,11,12,13). The van der Waals surface area contributed by atoms with Crippen LogP contribution in [0, 0.1) is 0 Å². The predicted molar refractivity (Wildman–Crippen MR) is 51.0 cm³/mol. The van der Waals surface area contributed by atoms with Crippen LogP contribution in [0.15, 0.2) is 4.79 Å². The van der Waals surface area contributed by atoms with Crippen molar-refractivity contribution >= 4 is 11.9 Å². The van der Waals surface area contributed by atoms with E-state index in [1.54, 1.807) is 0 Å². The number of aromatic nitrogens is 3. The van der Waals surface area contributed by atoms with E-state index in [4.69, 9.17) is 0 Å². The predicted octanol–water partition coefficient (Wildman–Crippen LogP) is 0.0285. The molecule has 0 atom stereocenters. The highest BCUT2D eigenvalue weighted by molar-refractivity contribution is 5.32. The van der Waals surface area contributed by atoms with Gasteiger partial charge < -0.3 is 10.6 Å². The van der Waals surface area contributed by atoms with Crippen LogP contribution in [0.3, 0.4) is 0 Å². The maximum absolute atomic E-state index is 11.0. The molecule has 0 saturated carbocycles. The quantitative estimate of drug-likeness (QED) is 0.613. The minimum atomic E-state index is -0.401. The Morgan fingerprint density at radius 3 is 2.54 bits per heavy atom. The fourth-order valence-corrected chi connectivity index (χ4v) is 0.873. The zero-order valence-corrected chi connectivity index (χ0v) is 7.72. The lowest BCUT2D eigenvalue weighted by Crippen LogP contribution is -2.18. The van der Waals surface area contributed by atoms with Gasteiger partial charge in [0.15, 0.2) is 0 Å². The summed E-state index contributed by atoms with van der Waals surface area (Å²) in [5.41, 5.74) is -0.401. The summed E-state index contributed by atoms with van der Waals surface area (Å²) >= 11 is 0. The van der Waals surface area contributed by atoms with E-state index in [9.17, 15) is 4.79 Å². The Morgan fingerprint density at radius 1 is 1.23 bits per heavy atom. The van der Waals surface area contributed by atoms with Crippen LogP contribution in [0.2, 0.25) is 0 Å². The van der Waals surface area contributed by atoms with Crippen molar-refractivity contribution in [2.45, 2.75) is 13.8 Å². The van der Waals surface area contributed by atoms with Gasteiger partial charge in [-0.25, -0.2) is 4.79 Å². The van der Waals surface area contributed by atoms with E-state index in [1.165, 1.54) is 0 Å². The molecule has 0 aliphatic rings. The van der Waals surface area contributed by atoms with E-state index < -0.39 is 5.69 Å². The monoisotopic (exact) mass is 183 g/mol. The number of nitrogens with one attached hydrogen (secondary N) is 3. The molecule has 0 radical (unpaired) electrons. The van der Waals surface area contributed by atoms with E-state index in [1.807, 2.05) is 13.8 Å². The molecule has 0 saturated heterocycles. The van der Waals surface area contributed by atoms with Crippen molar-refractivity contribution < 1.29 is 0 Å². The molecule has 0 aliphatic heterocycles. The molecule has 0 fully saturated rings. The highest BCUT2D eigenvalue weighted by atomic mass is 16.1. The molecule has 1 rings (SSSR count). The number of aromatic amines is 1. The summed E-state index contributed by atoms with van der Waals surface area (Å²) in [5.74, 6) is 0.792. The summed E-state index contributed by atoms with van der Waals surface area (Å²) in [6, 6.07) is 0. The van der Waals surface area contributed by atoms with Gasteiger partial charge in [0, 0.05) is 13.1 Å². The van der Waals surface area contributed by atoms with Gasteiger partial charge in [-0.15, -0.1) is 0 Å². The molecule has 0 amide bonds. The average molecular weight is 183 g/mol. The van der Waals surface area contributed by atoms with Crippen LogP contribution in [-0.2, 0) is 0 Å². The second-order valence-corrected chi connectivity index (χ2v) is 2.39. The fourth-order valence-electron chi connectivity index (χ4n) is 0.873. The minimum Gasteiger partial charge on any atom is -0.356 e. The van der Waals surface area contributed by atoms with E-state index in [0.717, 1.165) is 0 Å². The van der Waals surface area contributed by atoms with Gasteiger partial charge >= 0.3 is 5.69 Å². The number of nitrogens with zero attached hydrogens (tertiary/aromatic N) is 2. The summed E-state index contributed by atoms with van der Waals surface area (Å²) < 4.78 is 0. The van der Waals surface area contributed by atoms with Crippen molar-refractivity contribution in [2.75, 3.05) is 23.7 Å². The molecule has 0 aliphatic carbocycles. The minimum absolute atomic E-state index is 0.349. The lowest BCUT2D eigenvalue weighted by molar-refractivity contribution is 0.958. The molecule has 0 unspecified atom stereocenters. The largest absolute Gasteiger partial charge is 0.356 e. The van der Waals surface area contributed by atoms with Crippen LogP contribution in [-0.4, -0.2) is 28.0 Å². The molecule has 3 N–H and O–H groups in total. The lowest BCUT2D eigenvalue weighted by atomic mass is 10.7. The lowest BCUT2D eigenvalue weighted by Gasteiger charge is -2.03. The molecule has 13 heavy (non-hydrogen) atoms. The fraction of sp³-hybridized carbons (Fsp3) is 0.571. The van der Waals surface area contributed by atoms with Gasteiger partial charge in [0.1, 0.15) is 0 Å². The molecular formula is C7H13N5O. The first-order chi connectivity index (χ1) is 6.26. The summed E-state index contributed by atoms with van der Waals surface area (Å²) in [5, 5.41) is 5.77. The Hall–Kier alpha value is -1.59. The van der Waals surface area contributed by atoms with Crippen LogP contribution < -0.4 is 16.3 Å². The van der Waals surface area contributed by atoms with E-state index in [2.05, 4.69) is 25.6 Å². The Bertz CT molecular complexity index is 294. The first kappa shape index (κ1) is 9.50. The first-order valence-corrected chi connectivity index (χ1v) is 4.22. The Kier molecular flexibility index (Phi) is 3.24. The molecule has 1 aromatic rings. The normalized spacial score (nSPS) is 9.69. The van der Waals surface area contributed by atoms with Crippen molar-refractivity contribution in [1.82, 2.24) is 15.0 Å². The second kappa shape index (κ2) is 4.44. The number of anilines is 2. The highest BCUT2D eigenvalue weighted by Gasteiger charge is 1.99. The Morgan fingerprint density at radius 2 is 1.92 bits per heavy atom. The van der Waals surface area contributed by atoms with E-state index >= 15 is 0 Å². The summed E-state index contributed by atoms with van der Waals surface area (Å²) in [6.45, 7) is 5.23. The molecule has 6 nitrogen and oxygen atoms in total. The zero-order chi connectivity index (χ0) is 9.68. The third-order valence-electron chi connectivity index (χ3n) is 1.33. The molecule has 1 aromatic heterocycles. The molecule has 0 spiro atoms. The summed E-state index contributed by atoms with van der Waals surface area (Å²) in [7, 11) is 0. The van der Waals surface area contributed by atoms with Crippen LogP contribution in [0.5, 0.6) is 0 Å². The van der Waals surface area contributed by atoms with Crippen LogP contribution in [0.4, 0.5) is 11.9 Å². The number of hydrogen-bond acceptors (Lipinski definition) is 5. The van der Waals surface area contributed by atoms with Gasteiger partial charge in [0.25, 0.3) is 0 Å². The topological polar surface area (TPSA) is 82.7 Å². The van der Waals surface area contributed by atoms with Crippen molar-refractivity contribution in [2.24, 2.45) is 0 Å². The third-order valence-corrected chi connectivity index (χ3v) is 1.33. The van der Waals surface area contributed by atoms with Crippen molar-refractivity contribution in [3.63, 3.8) is 0 Å². The smallest absolute Gasteiger partial charge is 0.350 e. The summed E-state index contributed by atoms with van der Waals surface area (Å²) in [4.78, 5) is 21.1.